The summed E-state index contributed by atoms with van der Waals surface area (Å²) >= 11 is 1.29. The fourth-order valence-corrected chi connectivity index (χ4v) is 6.40. The third kappa shape index (κ3) is 3.53. The Balaban J connectivity index is 1.39. The lowest BCUT2D eigenvalue weighted by molar-refractivity contribution is 0.0734. The Labute approximate surface area is 184 Å². The molecular weight excluding hydrogens is 438 g/mol. The number of benzene rings is 2. The van der Waals surface area contributed by atoms with E-state index in [1.165, 1.54) is 11.8 Å². The van der Waals surface area contributed by atoms with Crippen LogP contribution in [0.25, 0.3) is 0 Å². The molecule has 0 spiro atoms. The number of carbonyl (C=O) groups excluding carboxylic acids is 1. The monoisotopic (exact) mass is 459 g/mol. The average Bonchev–Trinajstić information content (AvgIpc) is 3.12. The fourth-order valence-electron chi connectivity index (χ4n) is 4.10. The van der Waals surface area contributed by atoms with E-state index in [1.807, 2.05) is 34.1 Å². The quantitative estimate of drug-likeness (QED) is 0.697. The van der Waals surface area contributed by atoms with Crippen LogP contribution in [0.1, 0.15) is 21.5 Å². The molecule has 0 aromatic heterocycles. The number of rotatable bonds is 3. The topological polar surface area (TPSA) is 88.5 Å². The van der Waals surface area contributed by atoms with Gasteiger partial charge in [-0.3, -0.25) is 4.79 Å². The molecule has 2 aromatic carbocycles. The van der Waals surface area contributed by atoms with Crippen LogP contribution in [0.3, 0.4) is 0 Å². The predicted octanol–water partition coefficient (Wildman–Crippen LogP) is 2.51. The summed E-state index contributed by atoms with van der Waals surface area (Å²) in [5, 5.41) is 0.457. The van der Waals surface area contributed by atoms with Gasteiger partial charge in [-0.05, 0) is 59.6 Å². The van der Waals surface area contributed by atoms with Crippen molar-refractivity contribution in [2.45, 2.75) is 17.9 Å². The van der Waals surface area contributed by atoms with E-state index in [0.29, 0.717) is 41.9 Å². The molecule has 8 nitrogen and oxygen atoms in total. The highest BCUT2D eigenvalue weighted by atomic mass is 32.2. The summed E-state index contributed by atoms with van der Waals surface area (Å²) in [5.41, 5.74) is 3.68. The van der Waals surface area contributed by atoms with Crippen molar-refractivity contribution in [3.63, 3.8) is 0 Å². The number of thioether (sulfide) groups is 1. The lowest BCUT2D eigenvalue weighted by Gasteiger charge is -2.30. The smallest absolute Gasteiger partial charge is 0.257 e. The second-order valence-electron chi connectivity index (χ2n) is 7.55. The van der Waals surface area contributed by atoms with E-state index in [9.17, 15) is 13.2 Å². The van der Waals surface area contributed by atoms with Crippen LogP contribution in [0.15, 0.2) is 39.6 Å². The average molecular weight is 460 g/mol. The summed E-state index contributed by atoms with van der Waals surface area (Å²) in [5.74, 6) is 1.29. The Hall–Kier alpha value is -2.72. The summed E-state index contributed by atoms with van der Waals surface area (Å²) in [7, 11) is -0.194. The van der Waals surface area contributed by atoms with E-state index in [2.05, 4.69) is 4.40 Å². The molecule has 5 rings (SSSR count). The Morgan fingerprint density at radius 3 is 2.55 bits per heavy atom. The molecule has 162 valence electrons. The fraction of sp³-hybridized carbons (Fsp3) is 0.333. The zero-order valence-corrected chi connectivity index (χ0v) is 18.8. The molecular formula is C21H21N3O5S2. The largest absolute Gasteiger partial charge is 0.493 e. The number of hydrogen-bond donors (Lipinski definition) is 0. The van der Waals surface area contributed by atoms with Gasteiger partial charge >= 0.3 is 0 Å². The highest BCUT2D eigenvalue weighted by molar-refractivity contribution is 8.15. The summed E-state index contributed by atoms with van der Waals surface area (Å²) in [4.78, 5) is 17.8. The molecule has 0 bridgehead atoms. The summed E-state index contributed by atoms with van der Waals surface area (Å²) < 4.78 is 38.3. The van der Waals surface area contributed by atoms with E-state index in [-0.39, 0.29) is 11.7 Å². The van der Waals surface area contributed by atoms with Crippen LogP contribution >= 0.6 is 11.8 Å². The molecule has 3 heterocycles. The van der Waals surface area contributed by atoms with Gasteiger partial charge in [-0.25, -0.2) is 8.42 Å². The van der Waals surface area contributed by atoms with Crippen LogP contribution in [-0.2, 0) is 23.0 Å². The van der Waals surface area contributed by atoms with E-state index in [4.69, 9.17) is 9.47 Å². The van der Waals surface area contributed by atoms with Gasteiger partial charge in [0, 0.05) is 30.1 Å². The molecule has 0 atom stereocenters. The molecule has 0 saturated carbocycles. The van der Waals surface area contributed by atoms with Crippen LogP contribution in [-0.4, -0.2) is 57.5 Å². The van der Waals surface area contributed by atoms with Crippen LogP contribution in [0.2, 0.25) is 0 Å². The van der Waals surface area contributed by atoms with Crippen molar-refractivity contribution in [2.24, 2.45) is 4.40 Å². The molecule has 0 N–H and O–H groups in total. The van der Waals surface area contributed by atoms with Gasteiger partial charge in [0.15, 0.2) is 16.7 Å². The van der Waals surface area contributed by atoms with Crippen molar-refractivity contribution in [2.75, 3.05) is 38.0 Å². The van der Waals surface area contributed by atoms with Crippen molar-refractivity contribution in [1.82, 2.24) is 4.90 Å². The number of carbonyl (C=O) groups is 1. The van der Waals surface area contributed by atoms with Gasteiger partial charge in [0.05, 0.1) is 25.7 Å². The van der Waals surface area contributed by atoms with Gasteiger partial charge in [0.2, 0.25) is 0 Å². The van der Waals surface area contributed by atoms with Crippen molar-refractivity contribution in [1.29, 1.82) is 0 Å². The maximum atomic E-state index is 13.2. The van der Waals surface area contributed by atoms with Crippen molar-refractivity contribution in [3.05, 3.63) is 47.0 Å². The molecule has 3 aliphatic rings. The molecule has 31 heavy (non-hydrogen) atoms. The molecule has 3 aliphatic heterocycles. The number of anilines is 1. The third-order valence-corrected chi connectivity index (χ3v) is 8.03. The zero-order valence-electron chi connectivity index (χ0n) is 17.1. The molecule has 0 saturated heterocycles. The van der Waals surface area contributed by atoms with Crippen molar-refractivity contribution in [3.8, 4) is 11.5 Å². The third-order valence-electron chi connectivity index (χ3n) is 5.72. The maximum absolute atomic E-state index is 13.2. The molecule has 0 radical (unpaired) electrons. The second-order valence-corrected chi connectivity index (χ2v) is 10.3. The molecule has 1 amide bonds. The van der Waals surface area contributed by atoms with E-state index in [1.54, 1.807) is 20.3 Å². The first-order chi connectivity index (χ1) is 14.9. The standard InChI is InChI=1S/C21H21N3O5S2/c1-28-17-9-13-5-6-23(12-15(13)10-18(17)29-2)20(25)14-3-4-16-19(11-14)30-21-22-31(26,27)8-7-24(16)21/h3-4,9-11H,5-8,12H2,1-2H3. The highest BCUT2D eigenvalue weighted by Crippen LogP contribution is 2.42. The van der Waals surface area contributed by atoms with Crippen LogP contribution in [0, 0.1) is 0 Å². The van der Waals surface area contributed by atoms with E-state index >= 15 is 0 Å². The maximum Gasteiger partial charge on any atom is 0.257 e. The number of amidine groups is 1. The predicted molar refractivity (Wildman–Crippen MR) is 119 cm³/mol. The highest BCUT2D eigenvalue weighted by Gasteiger charge is 2.34. The van der Waals surface area contributed by atoms with Crippen LogP contribution in [0.5, 0.6) is 11.5 Å². The van der Waals surface area contributed by atoms with Crippen LogP contribution in [0.4, 0.5) is 5.69 Å². The number of amides is 1. The summed E-state index contributed by atoms with van der Waals surface area (Å²) in [6.07, 6.45) is 0.740. The Kier molecular flexibility index (Phi) is 4.86. The molecule has 10 heteroatoms. The number of sulfonamides is 1. The Bertz CT molecular complexity index is 1230. The van der Waals surface area contributed by atoms with Crippen molar-refractivity contribution < 1.29 is 22.7 Å². The Morgan fingerprint density at radius 2 is 1.81 bits per heavy atom. The summed E-state index contributed by atoms with van der Waals surface area (Å²) in [6.45, 7) is 1.49. The zero-order chi connectivity index (χ0) is 21.8. The first-order valence-corrected chi connectivity index (χ1v) is 12.3. The van der Waals surface area contributed by atoms with Gasteiger partial charge < -0.3 is 19.3 Å². The number of hydrogen-bond acceptors (Lipinski definition) is 7. The van der Waals surface area contributed by atoms with Crippen LogP contribution < -0.4 is 14.4 Å². The number of ether oxygens (including phenoxy) is 2. The minimum atomic E-state index is -3.41. The minimum absolute atomic E-state index is 0.00137. The Morgan fingerprint density at radius 1 is 1.06 bits per heavy atom. The minimum Gasteiger partial charge on any atom is -0.493 e. The normalized spacial score (nSPS) is 18.6. The van der Waals surface area contributed by atoms with Gasteiger partial charge in [-0.1, -0.05) is 0 Å². The number of methoxy groups -OCH3 is 2. The second kappa shape index (κ2) is 7.45. The number of fused-ring (bicyclic) bond motifs is 4. The SMILES string of the molecule is COc1cc2c(cc1OC)CN(C(=O)c1ccc3c(c1)SC1=NS(=O)(=O)CCN13)CC2. The summed E-state index contributed by atoms with van der Waals surface area (Å²) in [6, 6.07) is 9.43. The molecule has 0 aliphatic carbocycles. The van der Waals surface area contributed by atoms with Crippen molar-refractivity contribution >= 4 is 38.5 Å². The number of nitrogens with zero attached hydrogens (tertiary/aromatic N) is 3. The van der Waals surface area contributed by atoms with E-state index < -0.39 is 10.0 Å². The van der Waals surface area contributed by atoms with Gasteiger partial charge in [-0.15, -0.1) is 4.40 Å². The first-order valence-electron chi connectivity index (χ1n) is 9.83. The van der Waals surface area contributed by atoms with Gasteiger partial charge in [0.25, 0.3) is 15.9 Å². The lowest BCUT2D eigenvalue weighted by atomic mass is 9.98. The lowest BCUT2D eigenvalue weighted by Crippen LogP contribution is -2.36. The van der Waals surface area contributed by atoms with Gasteiger partial charge in [-0.2, -0.15) is 0 Å². The molecule has 0 fully saturated rings. The van der Waals surface area contributed by atoms with E-state index in [0.717, 1.165) is 28.1 Å². The molecule has 0 unspecified atom stereocenters. The first kappa shape index (κ1) is 20.2. The van der Waals surface area contributed by atoms with Gasteiger partial charge in [0.1, 0.15) is 0 Å². The molecule has 2 aromatic rings.